The van der Waals surface area contributed by atoms with E-state index < -0.39 is 15.4 Å². The van der Waals surface area contributed by atoms with Gasteiger partial charge in [-0.3, -0.25) is 0 Å². The van der Waals surface area contributed by atoms with Gasteiger partial charge in [-0.05, 0) is 55.7 Å². The number of fused-ring (bicyclic) bond motifs is 2. The molecule has 0 amide bonds. The van der Waals surface area contributed by atoms with Gasteiger partial charge >= 0.3 is 0 Å². The maximum atomic E-state index is 12.2. The zero-order valence-corrected chi connectivity index (χ0v) is 27.7. The lowest BCUT2D eigenvalue weighted by molar-refractivity contribution is -0.669. The summed E-state index contributed by atoms with van der Waals surface area (Å²) in [6.45, 7) is 7.68. The number of thioether (sulfide) groups is 1. The van der Waals surface area contributed by atoms with E-state index in [1.54, 1.807) is 37.3 Å². The first-order valence-corrected chi connectivity index (χ1v) is 17.8. The van der Waals surface area contributed by atoms with Crippen LogP contribution in [0.2, 0.25) is 0 Å². The number of aromatic nitrogens is 1. The lowest BCUT2D eigenvalue weighted by Crippen LogP contribution is -2.38. The number of hydrogen-bond donors (Lipinski definition) is 0. The summed E-state index contributed by atoms with van der Waals surface area (Å²) in [4.78, 5) is 3.50. The molecule has 1 aliphatic rings. The first kappa shape index (κ1) is 32.4. The summed E-state index contributed by atoms with van der Waals surface area (Å²) >= 11 is 3.42. The number of allylic oxidation sites excluding steroid dienone is 2. The number of unbranched alkanes of at least 4 members (excludes halogenated alkanes) is 3. The van der Waals surface area contributed by atoms with Crippen molar-refractivity contribution < 1.29 is 27.0 Å². The molecule has 0 saturated carbocycles. The number of nitrogens with zero attached hydrogens (tertiary/aromatic N) is 2. The smallest absolute Gasteiger partial charge is 0.263 e. The third-order valence-corrected chi connectivity index (χ3v) is 11.2. The summed E-state index contributed by atoms with van der Waals surface area (Å²) in [6, 6.07) is 12.2. The van der Waals surface area contributed by atoms with Crippen molar-refractivity contribution >= 4 is 55.2 Å². The van der Waals surface area contributed by atoms with E-state index in [2.05, 4.69) is 54.5 Å². The number of thiazole rings is 1. The minimum Gasteiger partial charge on any atom is -0.748 e. The molecule has 1 aliphatic heterocycles. The van der Waals surface area contributed by atoms with E-state index in [0.29, 0.717) is 13.0 Å². The number of rotatable bonds is 15. The number of methoxy groups -OCH3 is 2. The van der Waals surface area contributed by atoms with E-state index in [1.807, 2.05) is 24.3 Å². The molecule has 1 aromatic heterocycles. The van der Waals surface area contributed by atoms with E-state index >= 15 is 0 Å². The molecule has 4 rings (SSSR count). The van der Waals surface area contributed by atoms with Crippen LogP contribution in [0.25, 0.3) is 16.3 Å². The van der Waals surface area contributed by atoms with Crippen LogP contribution in [0.5, 0.6) is 11.5 Å². The Labute approximate surface area is 259 Å². The molecular weight excluding hydrogens is 589 g/mol. The summed E-state index contributed by atoms with van der Waals surface area (Å²) < 4.78 is 50.8. The van der Waals surface area contributed by atoms with Gasteiger partial charge in [-0.1, -0.05) is 62.6 Å². The van der Waals surface area contributed by atoms with Gasteiger partial charge in [0.15, 0.2) is 6.54 Å². The molecular formula is C32H42N2O5S3. The van der Waals surface area contributed by atoms with Crippen LogP contribution in [0.15, 0.2) is 58.0 Å². The first-order chi connectivity index (χ1) is 20.2. The Morgan fingerprint density at radius 1 is 1.02 bits per heavy atom. The van der Waals surface area contributed by atoms with Gasteiger partial charge in [0.05, 0.1) is 46.4 Å². The van der Waals surface area contributed by atoms with E-state index in [1.165, 1.54) is 4.90 Å². The number of anilines is 1. The Morgan fingerprint density at radius 3 is 2.43 bits per heavy atom. The molecule has 0 radical (unpaired) electrons. The Morgan fingerprint density at radius 2 is 1.76 bits per heavy atom. The maximum absolute atomic E-state index is 12.2. The maximum Gasteiger partial charge on any atom is 0.263 e. The van der Waals surface area contributed by atoms with Crippen molar-refractivity contribution in [1.82, 2.24) is 0 Å². The number of benzene rings is 2. The van der Waals surface area contributed by atoms with Gasteiger partial charge in [-0.25, -0.2) is 8.42 Å². The zero-order chi connectivity index (χ0) is 30.3. The fourth-order valence-electron chi connectivity index (χ4n) is 5.26. The van der Waals surface area contributed by atoms with Gasteiger partial charge in [-0.2, -0.15) is 4.57 Å². The molecule has 0 saturated heterocycles. The molecule has 0 spiro atoms. The summed E-state index contributed by atoms with van der Waals surface area (Å²) in [6.07, 6.45) is 9.77. The molecule has 0 fully saturated rings. The second-order valence-electron chi connectivity index (χ2n) is 10.4. The monoisotopic (exact) mass is 630 g/mol. The van der Waals surface area contributed by atoms with Crippen LogP contribution < -0.4 is 18.9 Å². The van der Waals surface area contributed by atoms with E-state index in [4.69, 9.17) is 9.47 Å². The summed E-state index contributed by atoms with van der Waals surface area (Å²) in [5.41, 5.74) is 3.29. The lowest BCUT2D eigenvalue weighted by atomic mass is 10.1. The molecule has 228 valence electrons. The van der Waals surface area contributed by atoms with Crippen molar-refractivity contribution in [3.05, 3.63) is 58.1 Å². The van der Waals surface area contributed by atoms with Crippen LogP contribution in [0, 0.1) is 0 Å². The van der Waals surface area contributed by atoms with Crippen molar-refractivity contribution in [1.29, 1.82) is 0 Å². The van der Waals surface area contributed by atoms with Crippen molar-refractivity contribution in [2.75, 3.05) is 25.7 Å². The lowest BCUT2D eigenvalue weighted by Gasteiger charge is -2.19. The molecule has 42 heavy (non-hydrogen) atoms. The standard InChI is InChI=1S/C32H42N2O5S3/c1-6-9-10-11-12-26(42(35,36)37)17-18-34-28-22-25(39-5)14-16-30(28)41-32(34)20-23(7-2)19-31-33(8-3)27-21-24(38-4)13-15-29(27)40-31/h13-16,19-22,26H,6-12,17-18H2,1-5H3. The molecule has 3 aromatic rings. The molecule has 10 heteroatoms. The van der Waals surface area contributed by atoms with E-state index in [-0.39, 0.29) is 6.42 Å². The van der Waals surface area contributed by atoms with Crippen molar-refractivity contribution in [2.45, 2.75) is 82.4 Å². The fraction of sp³-hybridized carbons (Fsp3) is 0.469. The highest BCUT2D eigenvalue weighted by molar-refractivity contribution is 8.03. The Bertz CT molecular complexity index is 1540. The highest BCUT2D eigenvalue weighted by Gasteiger charge is 2.26. The fourth-order valence-corrected chi connectivity index (χ4v) is 8.43. The van der Waals surface area contributed by atoms with E-state index in [9.17, 15) is 13.0 Å². The number of hydrogen-bond acceptors (Lipinski definition) is 8. The summed E-state index contributed by atoms with van der Waals surface area (Å²) in [5.74, 6) is 1.58. The molecule has 0 aliphatic carbocycles. The third-order valence-electron chi connectivity index (χ3n) is 7.68. The quantitative estimate of drug-likeness (QED) is 0.0965. The van der Waals surface area contributed by atoms with Crippen molar-refractivity contribution in [3.8, 4) is 11.5 Å². The van der Waals surface area contributed by atoms with E-state index in [0.717, 1.165) is 81.7 Å². The SMILES string of the molecule is CCCCCCC(CC[n+]1c(/C=C(/C=C2\Sc3ccc(OC)cc3N2CC)CC)sc2ccc(OC)cc21)S(=O)(=O)[O-]. The first-order valence-electron chi connectivity index (χ1n) is 14.7. The van der Waals surface area contributed by atoms with Crippen molar-refractivity contribution in [3.63, 3.8) is 0 Å². The van der Waals surface area contributed by atoms with Gasteiger partial charge in [0.2, 0.25) is 5.52 Å². The molecule has 7 nitrogen and oxygen atoms in total. The predicted molar refractivity (Wildman–Crippen MR) is 174 cm³/mol. The van der Waals surface area contributed by atoms with Crippen LogP contribution in [0.4, 0.5) is 5.69 Å². The Balaban J connectivity index is 1.69. The number of aryl methyl sites for hydroxylation is 1. The Kier molecular flexibility index (Phi) is 11.4. The summed E-state index contributed by atoms with van der Waals surface area (Å²) in [5, 5.41) is 1.29. The molecule has 0 N–H and O–H groups in total. The largest absolute Gasteiger partial charge is 0.748 e. The van der Waals surface area contributed by atoms with Gasteiger partial charge in [0, 0.05) is 30.0 Å². The van der Waals surface area contributed by atoms with Crippen molar-refractivity contribution in [2.24, 2.45) is 0 Å². The normalized spacial score (nSPS) is 15.4. The minimum absolute atomic E-state index is 0.283. The molecule has 1 atom stereocenters. The highest BCUT2D eigenvalue weighted by atomic mass is 32.2. The molecule has 2 aromatic carbocycles. The van der Waals surface area contributed by atoms with Crippen LogP contribution >= 0.6 is 23.1 Å². The highest BCUT2D eigenvalue weighted by Crippen LogP contribution is 2.47. The average Bonchev–Trinajstić information content (AvgIpc) is 3.50. The average molecular weight is 631 g/mol. The van der Waals surface area contributed by atoms with Crippen LogP contribution in [-0.2, 0) is 16.7 Å². The van der Waals surface area contributed by atoms with Crippen LogP contribution in [0.3, 0.4) is 0 Å². The molecule has 0 bridgehead atoms. The third kappa shape index (κ3) is 7.70. The molecule has 2 heterocycles. The minimum atomic E-state index is -4.39. The van der Waals surface area contributed by atoms with Gasteiger partial charge in [0.1, 0.15) is 16.2 Å². The second-order valence-corrected chi connectivity index (χ2v) is 14.2. The van der Waals surface area contributed by atoms with Gasteiger partial charge < -0.3 is 18.9 Å². The number of ether oxygens (including phenoxy) is 2. The van der Waals surface area contributed by atoms with Crippen LogP contribution in [0.1, 0.15) is 70.7 Å². The Hall–Kier alpha value is -2.53. The summed E-state index contributed by atoms with van der Waals surface area (Å²) in [7, 11) is -1.07. The second kappa shape index (κ2) is 14.8. The van der Waals surface area contributed by atoms with Gasteiger partial charge in [0.25, 0.3) is 5.01 Å². The van der Waals surface area contributed by atoms with Crippen LogP contribution in [-0.4, -0.2) is 39.0 Å². The van der Waals surface area contributed by atoms with Gasteiger partial charge in [-0.15, -0.1) is 0 Å². The molecule has 1 unspecified atom stereocenters. The predicted octanol–water partition coefficient (Wildman–Crippen LogP) is 7.75. The zero-order valence-electron chi connectivity index (χ0n) is 25.2. The topological polar surface area (TPSA) is 82.8 Å².